The lowest BCUT2D eigenvalue weighted by molar-refractivity contribution is 0.0691. The van der Waals surface area contributed by atoms with Crippen molar-refractivity contribution in [3.05, 3.63) is 17.7 Å². The molecule has 0 fully saturated rings. The Morgan fingerprint density at radius 2 is 2.00 bits per heavy atom. The number of hydrogen-bond donors (Lipinski definition) is 2. The molecule has 112 valence electrons. The number of sulfone groups is 1. The van der Waals surface area contributed by atoms with E-state index in [1.165, 1.54) is 6.20 Å². The van der Waals surface area contributed by atoms with Crippen LogP contribution in [0.4, 0.5) is 5.69 Å². The normalized spacial score (nSPS) is 13.2. The number of hydrogen-bond acceptors (Lipinski definition) is 6. The number of carboxylic acid groups (broad SMARTS) is 1. The predicted molar refractivity (Wildman–Crippen MR) is 75.9 cm³/mol. The lowest BCUT2D eigenvalue weighted by Gasteiger charge is -2.16. The Balaban J connectivity index is 3.03. The highest BCUT2D eigenvalue weighted by molar-refractivity contribution is 7.90. The fraction of sp³-hybridized carbons (Fsp3) is 0.583. The van der Waals surface area contributed by atoms with Gasteiger partial charge in [-0.15, -0.1) is 0 Å². The molecule has 0 spiro atoms. The van der Waals surface area contributed by atoms with Crippen molar-refractivity contribution in [3.8, 4) is 0 Å². The molecule has 1 aromatic rings. The molecule has 0 aliphatic rings. The van der Waals surface area contributed by atoms with Crippen LogP contribution in [0, 0.1) is 0 Å². The van der Waals surface area contributed by atoms with Crippen molar-refractivity contribution >= 4 is 21.5 Å². The minimum absolute atomic E-state index is 0.00981. The second kappa shape index (κ2) is 6.17. The Morgan fingerprint density at radius 1 is 1.40 bits per heavy atom. The highest BCUT2D eigenvalue weighted by atomic mass is 32.2. The molecule has 1 heterocycles. The zero-order valence-electron chi connectivity index (χ0n) is 11.9. The Hall–Kier alpha value is -1.70. The molecule has 0 aromatic carbocycles. The molecule has 0 aliphatic heterocycles. The van der Waals surface area contributed by atoms with E-state index in [1.54, 1.807) is 6.92 Å². The van der Waals surface area contributed by atoms with Crippen molar-refractivity contribution in [2.24, 2.45) is 0 Å². The van der Waals surface area contributed by atoms with E-state index in [0.29, 0.717) is 5.82 Å². The van der Waals surface area contributed by atoms with Crippen LogP contribution >= 0.6 is 0 Å². The van der Waals surface area contributed by atoms with Crippen LogP contribution in [0.1, 0.15) is 43.0 Å². The van der Waals surface area contributed by atoms with Crippen molar-refractivity contribution in [1.82, 2.24) is 9.97 Å². The van der Waals surface area contributed by atoms with Crippen molar-refractivity contribution in [1.29, 1.82) is 0 Å². The summed E-state index contributed by atoms with van der Waals surface area (Å²) in [6.45, 7) is 5.38. The van der Waals surface area contributed by atoms with Crippen molar-refractivity contribution in [2.75, 3.05) is 17.3 Å². The lowest BCUT2D eigenvalue weighted by Crippen LogP contribution is -2.26. The number of carboxylic acids is 1. The van der Waals surface area contributed by atoms with E-state index in [-0.39, 0.29) is 23.1 Å². The van der Waals surface area contributed by atoms with Gasteiger partial charge in [-0.05, 0) is 6.92 Å². The van der Waals surface area contributed by atoms with Crippen LogP contribution in [0.15, 0.2) is 6.20 Å². The lowest BCUT2D eigenvalue weighted by atomic mass is 10.2. The van der Waals surface area contributed by atoms with E-state index in [0.717, 1.165) is 6.26 Å². The number of aromatic nitrogens is 2. The first-order chi connectivity index (χ1) is 9.10. The van der Waals surface area contributed by atoms with Crippen LogP contribution in [-0.4, -0.2) is 47.5 Å². The molecule has 1 rings (SSSR count). The van der Waals surface area contributed by atoms with Gasteiger partial charge >= 0.3 is 5.97 Å². The highest BCUT2D eigenvalue weighted by Crippen LogP contribution is 2.17. The maximum absolute atomic E-state index is 11.2. The Labute approximate surface area is 118 Å². The molecule has 7 nitrogen and oxygen atoms in total. The third kappa shape index (κ3) is 4.76. The predicted octanol–water partition coefficient (Wildman–Crippen LogP) is 1.14. The molecule has 0 saturated carbocycles. The summed E-state index contributed by atoms with van der Waals surface area (Å²) in [5.74, 6) is -0.833. The third-order valence-corrected chi connectivity index (χ3v) is 3.59. The molecular weight excluding hydrogens is 282 g/mol. The van der Waals surface area contributed by atoms with Crippen LogP contribution in [0.5, 0.6) is 0 Å². The molecule has 1 aromatic heterocycles. The monoisotopic (exact) mass is 301 g/mol. The van der Waals surface area contributed by atoms with E-state index in [1.807, 2.05) is 13.8 Å². The number of nitrogens with zero attached hydrogens (tertiary/aromatic N) is 2. The molecule has 1 unspecified atom stereocenters. The zero-order valence-corrected chi connectivity index (χ0v) is 12.7. The minimum Gasteiger partial charge on any atom is -0.476 e. The topological polar surface area (TPSA) is 109 Å². The zero-order chi connectivity index (χ0) is 15.5. The second-order valence-corrected chi connectivity index (χ2v) is 7.27. The van der Waals surface area contributed by atoms with Gasteiger partial charge in [0.1, 0.15) is 15.7 Å². The van der Waals surface area contributed by atoms with E-state index < -0.39 is 21.8 Å². The molecule has 0 amide bonds. The molecule has 0 aliphatic carbocycles. The molecule has 0 radical (unpaired) electrons. The minimum atomic E-state index is -3.15. The first-order valence-corrected chi connectivity index (χ1v) is 8.20. The van der Waals surface area contributed by atoms with Gasteiger partial charge in [0.05, 0.1) is 17.6 Å². The van der Waals surface area contributed by atoms with Crippen molar-refractivity contribution in [2.45, 2.75) is 32.7 Å². The molecule has 0 saturated heterocycles. The molecule has 20 heavy (non-hydrogen) atoms. The van der Waals surface area contributed by atoms with Crippen LogP contribution in [-0.2, 0) is 9.84 Å². The molecule has 2 N–H and O–H groups in total. The number of nitrogens with one attached hydrogen (secondary N) is 1. The van der Waals surface area contributed by atoms with Gasteiger partial charge in [-0.3, -0.25) is 0 Å². The first kappa shape index (κ1) is 16.4. The Bertz CT molecular complexity index is 599. The SMILES string of the molecule is CC(CS(C)(=O)=O)Nc1cnc(C(C)C)nc1C(=O)O. The van der Waals surface area contributed by atoms with Crippen molar-refractivity contribution in [3.63, 3.8) is 0 Å². The molecule has 1 atom stereocenters. The van der Waals surface area contributed by atoms with E-state index in [4.69, 9.17) is 5.11 Å². The Kier molecular flexibility index (Phi) is 5.04. The van der Waals surface area contributed by atoms with Crippen LogP contribution in [0.2, 0.25) is 0 Å². The third-order valence-electron chi connectivity index (χ3n) is 2.48. The largest absolute Gasteiger partial charge is 0.476 e. The maximum Gasteiger partial charge on any atom is 0.356 e. The summed E-state index contributed by atoms with van der Waals surface area (Å²) in [6, 6.07) is -0.434. The van der Waals surface area contributed by atoms with Gasteiger partial charge in [0.15, 0.2) is 5.69 Å². The fourth-order valence-corrected chi connectivity index (χ4v) is 2.70. The fourth-order valence-electron chi connectivity index (χ4n) is 1.70. The number of rotatable bonds is 6. The summed E-state index contributed by atoms with van der Waals surface area (Å²) in [6.07, 6.45) is 2.51. The van der Waals surface area contributed by atoms with E-state index >= 15 is 0 Å². The summed E-state index contributed by atoms with van der Waals surface area (Å²) in [5, 5.41) is 12.0. The number of anilines is 1. The second-order valence-electron chi connectivity index (χ2n) is 5.09. The van der Waals surface area contributed by atoms with E-state index in [9.17, 15) is 13.2 Å². The summed E-state index contributed by atoms with van der Waals surface area (Å²) >= 11 is 0. The van der Waals surface area contributed by atoms with Gasteiger partial charge in [0.2, 0.25) is 0 Å². The van der Waals surface area contributed by atoms with E-state index in [2.05, 4.69) is 15.3 Å². The average molecular weight is 301 g/mol. The maximum atomic E-state index is 11.2. The first-order valence-electron chi connectivity index (χ1n) is 6.14. The quantitative estimate of drug-likeness (QED) is 0.810. The highest BCUT2D eigenvalue weighted by Gasteiger charge is 2.18. The number of carbonyl (C=O) groups is 1. The smallest absolute Gasteiger partial charge is 0.356 e. The summed E-state index contributed by atoms with van der Waals surface area (Å²) in [4.78, 5) is 19.3. The van der Waals surface area contributed by atoms with Crippen LogP contribution in [0.25, 0.3) is 0 Å². The molecule has 8 heteroatoms. The van der Waals surface area contributed by atoms with Crippen molar-refractivity contribution < 1.29 is 18.3 Å². The number of aromatic carboxylic acids is 1. The van der Waals surface area contributed by atoms with Crippen LogP contribution in [0.3, 0.4) is 0 Å². The van der Waals surface area contributed by atoms with Gasteiger partial charge < -0.3 is 10.4 Å². The Morgan fingerprint density at radius 3 is 2.45 bits per heavy atom. The summed E-state index contributed by atoms with van der Waals surface area (Å²) < 4.78 is 22.4. The average Bonchev–Trinajstić information content (AvgIpc) is 2.25. The van der Waals surface area contributed by atoms with Gasteiger partial charge in [-0.2, -0.15) is 0 Å². The van der Waals surface area contributed by atoms with Gasteiger partial charge in [-0.25, -0.2) is 23.2 Å². The standard InChI is InChI=1S/C12H19N3O4S/c1-7(2)11-13-5-9(10(15-11)12(16)17)14-8(3)6-20(4,18)19/h5,7-8,14H,6H2,1-4H3,(H,16,17). The molecule has 0 bridgehead atoms. The van der Waals surface area contributed by atoms with Crippen LogP contribution < -0.4 is 5.32 Å². The van der Waals surface area contributed by atoms with Gasteiger partial charge in [0.25, 0.3) is 0 Å². The van der Waals surface area contributed by atoms with Gasteiger partial charge in [0, 0.05) is 18.2 Å². The van der Waals surface area contributed by atoms with Gasteiger partial charge in [-0.1, -0.05) is 13.8 Å². The summed E-state index contributed by atoms with van der Waals surface area (Å²) in [5.41, 5.74) is 0.0714. The summed E-state index contributed by atoms with van der Waals surface area (Å²) in [7, 11) is -3.15. The molecular formula is C12H19N3O4S.